The minimum atomic E-state index is -0.202. The molecule has 0 fully saturated rings. The molecule has 0 radical (unpaired) electrons. The number of carbonyl (C=O) groups is 1. The minimum absolute atomic E-state index is 0.202. The second-order valence-electron chi connectivity index (χ2n) is 4.34. The van der Waals surface area contributed by atoms with Crippen LogP contribution in [0.2, 0.25) is 0 Å². The Hall–Kier alpha value is -2.96. The van der Waals surface area contributed by atoms with Gasteiger partial charge in [-0.15, -0.1) is 0 Å². The Morgan fingerprint density at radius 3 is 2.86 bits per heavy atom. The van der Waals surface area contributed by atoms with Gasteiger partial charge in [0.15, 0.2) is 5.75 Å². The van der Waals surface area contributed by atoms with Gasteiger partial charge in [0.05, 0.1) is 37.1 Å². The maximum atomic E-state index is 12.1. The van der Waals surface area contributed by atoms with E-state index in [2.05, 4.69) is 20.4 Å². The van der Waals surface area contributed by atoms with Crippen LogP contribution in [-0.2, 0) is 6.54 Å². The Labute approximate surface area is 120 Å². The van der Waals surface area contributed by atoms with Crippen LogP contribution in [0.15, 0.2) is 43.0 Å². The number of pyridine rings is 1. The topological polar surface area (TPSA) is 81.4 Å². The van der Waals surface area contributed by atoms with Gasteiger partial charge < -0.3 is 10.1 Å². The summed E-state index contributed by atoms with van der Waals surface area (Å²) in [7, 11) is 1.55. The number of fused-ring (bicyclic) bond motifs is 1. The van der Waals surface area contributed by atoms with Crippen molar-refractivity contribution < 1.29 is 9.53 Å². The smallest absolute Gasteiger partial charge is 0.253 e. The van der Waals surface area contributed by atoms with Gasteiger partial charge in [-0.2, -0.15) is 5.10 Å². The number of methoxy groups -OCH3 is 1. The number of amides is 1. The van der Waals surface area contributed by atoms with Crippen molar-refractivity contribution in [3.05, 3.63) is 54.4 Å². The number of hydrogen-bond acceptors (Lipinski definition) is 5. The van der Waals surface area contributed by atoms with Crippen molar-refractivity contribution in [2.75, 3.05) is 7.11 Å². The van der Waals surface area contributed by atoms with E-state index in [0.29, 0.717) is 17.1 Å². The van der Waals surface area contributed by atoms with E-state index in [1.165, 1.54) is 0 Å². The van der Waals surface area contributed by atoms with Crippen LogP contribution in [0.1, 0.15) is 16.2 Å². The van der Waals surface area contributed by atoms with Gasteiger partial charge in [0.25, 0.3) is 5.91 Å². The number of ether oxygens (including phenoxy) is 1. The SMILES string of the molecule is COc1cnc(CNC(=O)c2ccc3ccnn3c2)nc1. The zero-order chi connectivity index (χ0) is 14.7. The lowest BCUT2D eigenvalue weighted by molar-refractivity contribution is 0.0949. The number of hydrogen-bond donors (Lipinski definition) is 1. The van der Waals surface area contributed by atoms with Gasteiger partial charge in [-0.1, -0.05) is 0 Å². The summed E-state index contributed by atoms with van der Waals surface area (Å²) in [5.74, 6) is 0.894. The van der Waals surface area contributed by atoms with E-state index < -0.39 is 0 Å². The Morgan fingerprint density at radius 2 is 2.10 bits per heavy atom. The fourth-order valence-corrected chi connectivity index (χ4v) is 1.85. The Morgan fingerprint density at radius 1 is 1.29 bits per heavy atom. The number of rotatable bonds is 4. The predicted molar refractivity (Wildman–Crippen MR) is 74.9 cm³/mol. The van der Waals surface area contributed by atoms with Crippen molar-refractivity contribution in [1.82, 2.24) is 24.9 Å². The third-order valence-corrected chi connectivity index (χ3v) is 2.98. The zero-order valence-corrected chi connectivity index (χ0v) is 11.4. The average molecular weight is 283 g/mol. The summed E-state index contributed by atoms with van der Waals surface area (Å²) < 4.78 is 6.63. The fraction of sp³-hybridized carbons (Fsp3) is 0.143. The maximum absolute atomic E-state index is 12.1. The molecule has 0 aliphatic rings. The molecule has 0 atom stereocenters. The molecule has 0 aliphatic heterocycles. The maximum Gasteiger partial charge on any atom is 0.253 e. The quantitative estimate of drug-likeness (QED) is 0.774. The minimum Gasteiger partial charge on any atom is -0.494 e. The van der Waals surface area contributed by atoms with Gasteiger partial charge in [-0.05, 0) is 18.2 Å². The number of aromatic nitrogens is 4. The number of nitrogens with one attached hydrogen (secondary N) is 1. The molecule has 3 heterocycles. The van der Waals surface area contributed by atoms with Gasteiger partial charge >= 0.3 is 0 Å². The summed E-state index contributed by atoms with van der Waals surface area (Å²) in [5.41, 5.74) is 1.46. The summed E-state index contributed by atoms with van der Waals surface area (Å²) in [6.45, 7) is 0.250. The van der Waals surface area contributed by atoms with Crippen molar-refractivity contribution in [2.45, 2.75) is 6.54 Å². The van der Waals surface area contributed by atoms with E-state index in [1.807, 2.05) is 12.1 Å². The summed E-state index contributed by atoms with van der Waals surface area (Å²) in [5, 5.41) is 6.86. The van der Waals surface area contributed by atoms with Crippen molar-refractivity contribution >= 4 is 11.4 Å². The van der Waals surface area contributed by atoms with Crippen LogP contribution in [0.5, 0.6) is 5.75 Å². The molecule has 0 aromatic carbocycles. The first-order valence-electron chi connectivity index (χ1n) is 6.33. The molecule has 3 aromatic rings. The molecule has 106 valence electrons. The van der Waals surface area contributed by atoms with Crippen molar-refractivity contribution in [2.24, 2.45) is 0 Å². The highest BCUT2D eigenvalue weighted by atomic mass is 16.5. The average Bonchev–Trinajstić information content (AvgIpc) is 3.00. The Balaban J connectivity index is 1.67. The van der Waals surface area contributed by atoms with Gasteiger partial charge in [0.1, 0.15) is 5.82 Å². The van der Waals surface area contributed by atoms with Gasteiger partial charge in [-0.25, -0.2) is 14.5 Å². The van der Waals surface area contributed by atoms with Crippen LogP contribution in [0.4, 0.5) is 0 Å². The monoisotopic (exact) mass is 283 g/mol. The second kappa shape index (κ2) is 5.58. The van der Waals surface area contributed by atoms with E-state index >= 15 is 0 Å². The molecule has 1 N–H and O–H groups in total. The standard InChI is InChI=1S/C14H13N5O2/c1-21-12-6-15-13(16-7-12)8-17-14(20)10-2-3-11-4-5-18-19(11)9-10/h2-7,9H,8H2,1H3,(H,17,20). The van der Waals surface area contributed by atoms with Crippen LogP contribution in [0, 0.1) is 0 Å². The zero-order valence-electron chi connectivity index (χ0n) is 11.4. The first-order valence-corrected chi connectivity index (χ1v) is 6.33. The molecule has 0 unspecified atom stereocenters. The molecule has 3 aromatic heterocycles. The van der Waals surface area contributed by atoms with Crippen LogP contribution < -0.4 is 10.1 Å². The number of nitrogens with zero attached hydrogens (tertiary/aromatic N) is 4. The molecule has 0 saturated carbocycles. The van der Waals surface area contributed by atoms with Crippen molar-refractivity contribution in [3.63, 3.8) is 0 Å². The van der Waals surface area contributed by atoms with Gasteiger partial charge in [-0.3, -0.25) is 4.79 Å². The van der Waals surface area contributed by atoms with Crippen molar-refractivity contribution in [1.29, 1.82) is 0 Å². The number of carbonyl (C=O) groups excluding carboxylic acids is 1. The predicted octanol–water partition coefficient (Wildman–Crippen LogP) is 1.06. The molecule has 3 rings (SSSR count). The molecular formula is C14H13N5O2. The highest BCUT2D eigenvalue weighted by Gasteiger charge is 2.07. The molecule has 0 aliphatic carbocycles. The molecule has 7 heteroatoms. The highest BCUT2D eigenvalue weighted by Crippen LogP contribution is 2.06. The fourth-order valence-electron chi connectivity index (χ4n) is 1.85. The lowest BCUT2D eigenvalue weighted by Gasteiger charge is -2.05. The first-order chi connectivity index (χ1) is 10.3. The second-order valence-corrected chi connectivity index (χ2v) is 4.34. The van der Waals surface area contributed by atoms with E-state index in [0.717, 1.165) is 5.52 Å². The third kappa shape index (κ3) is 2.81. The van der Waals surface area contributed by atoms with Gasteiger partial charge in [0.2, 0.25) is 0 Å². The molecular weight excluding hydrogens is 270 g/mol. The van der Waals surface area contributed by atoms with E-state index in [-0.39, 0.29) is 12.5 Å². The Kier molecular flexibility index (Phi) is 3.46. The lowest BCUT2D eigenvalue weighted by Crippen LogP contribution is -2.24. The molecule has 1 amide bonds. The molecule has 0 bridgehead atoms. The largest absolute Gasteiger partial charge is 0.494 e. The molecule has 21 heavy (non-hydrogen) atoms. The van der Waals surface area contributed by atoms with E-state index in [1.54, 1.807) is 42.5 Å². The summed E-state index contributed by atoms with van der Waals surface area (Å²) >= 11 is 0. The summed E-state index contributed by atoms with van der Waals surface area (Å²) in [4.78, 5) is 20.3. The van der Waals surface area contributed by atoms with Crippen LogP contribution in [0.25, 0.3) is 5.52 Å². The van der Waals surface area contributed by atoms with E-state index in [4.69, 9.17) is 4.74 Å². The van der Waals surface area contributed by atoms with Gasteiger partial charge in [0, 0.05) is 12.4 Å². The molecule has 0 saturated heterocycles. The molecule has 0 spiro atoms. The Bertz CT molecular complexity index is 766. The first kappa shape index (κ1) is 13.0. The highest BCUT2D eigenvalue weighted by molar-refractivity contribution is 5.94. The summed E-state index contributed by atoms with van der Waals surface area (Å²) in [6, 6.07) is 5.46. The van der Waals surface area contributed by atoms with Crippen LogP contribution in [-0.4, -0.2) is 32.6 Å². The lowest BCUT2D eigenvalue weighted by atomic mass is 10.2. The molecule has 7 nitrogen and oxygen atoms in total. The normalized spacial score (nSPS) is 10.5. The van der Waals surface area contributed by atoms with Crippen LogP contribution in [0.3, 0.4) is 0 Å². The summed E-state index contributed by atoms with van der Waals surface area (Å²) in [6.07, 6.45) is 6.48. The van der Waals surface area contributed by atoms with Crippen LogP contribution >= 0.6 is 0 Å². The van der Waals surface area contributed by atoms with E-state index in [9.17, 15) is 4.79 Å². The van der Waals surface area contributed by atoms with Crippen molar-refractivity contribution in [3.8, 4) is 5.75 Å². The third-order valence-electron chi connectivity index (χ3n) is 2.98.